The van der Waals surface area contributed by atoms with Gasteiger partial charge in [0.15, 0.2) is 11.6 Å². The van der Waals surface area contributed by atoms with Crippen molar-refractivity contribution in [2.24, 2.45) is 5.92 Å². The Morgan fingerprint density at radius 2 is 1.70 bits per heavy atom. The zero-order valence-electron chi connectivity index (χ0n) is 20.1. The van der Waals surface area contributed by atoms with Crippen LogP contribution in [0.15, 0.2) is 42.5 Å². The molecule has 0 spiro atoms. The third kappa shape index (κ3) is 7.17. The van der Waals surface area contributed by atoms with Gasteiger partial charge in [-0.1, -0.05) is 29.8 Å². The monoisotopic (exact) mass is 535 g/mol. The summed E-state index contributed by atoms with van der Waals surface area (Å²) in [5.74, 6) is -4.21. The lowest BCUT2D eigenvalue weighted by Crippen LogP contribution is -2.50. The van der Waals surface area contributed by atoms with Crippen molar-refractivity contribution in [1.29, 1.82) is 0 Å². The Balaban J connectivity index is 0.000000568. The lowest BCUT2D eigenvalue weighted by Gasteiger charge is -2.36. The largest absolute Gasteiger partial charge is 0.494 e. The molecule has 1 atom stereocenters. The lowest BCUT2D eigenvalue weighted by atomic mass is 10.1. The first-order chi connectivity index (χ1) is 17.6. The number of methoxy groups -OCH3 is 1. The molecule has 2 saturated heterocycles. The molecule has 2 amide bonds. The standard InChI is InChI=1S/C23H25ClFN3O3.C2H2O4/c1-31-21-7-6-16(12-19(21)25)14-26-8-10-27(11-9-26)23(30)17-13-22(29)28(15-17)20-5-3-2-4-18(20)24;3-1(4)2(5)6/h2-7,12,17H,8-11,13-15H2,1H3;(H,3,4)(H,5,6). The molecule has 2 aromatic rings. The molecule has 2 heterocycles. The molecule has 0 bridgehead atoms. The fraction of sp³-hybridized carbons (Fsp3) is 0.360. The summed E-state index contributed by atoms with van der Waals surface area (Å²) < 4.78 is 18.9. The van der Waals surface area contributed by atoms with E-state index in [-0.39, 0.29) is 35.7 Å². The summed E-state index contributed by atoms with van der Waals surface area (Å²) in [4.78, 5) is 49.4. The van der Waals surface area contributed by atoms with Gasteiger partial charge in [0.05, 0.1) is 23.7 Å². The van der Waals surface area contributed by atoms with E-state index in [0.717, 1.165) is 5.56 Å². The zero-order chi connectivity index (χ0) is 27.1. The molecule has 0 aliphatic carbocycles. The SMILES string of the molecule is COc1ccc(CN2CCN(C(=O)C3CC(=O)N(c4ccccc4Cl)C3)CC2)cc1F.O=C(O)C(=O)O. The molecule has 2 aromatic carbocycles. The molecule has 0 saturated carbocycles. The van der Waals surface area contributed by atoms with Gasteiger partial charge >= 0.3 is 11.9 Å². The van der Waals surface area contributed by atoms with Crippen molar-refractivity contribution in [2.75, 3.05) is 44.7 Å². The molecule has 2 N–H and O–H groups in total. The number of ether oxygens (including phenoxy) is 1. The first-order valence-corrected chi connectivity index (χ1v) is 11.8. The summed E-state index contributed by atoms with van der Waals surface area (Å²) in [6, 6.07) is 12.2. The normalized spacial score (nSPS) is 17.7. The number of anilines is 1. The molecular formula is C25H27ClFN3O7. The first kappa shape index (κ1) is 27.9. The quantitative estimate of drug-likeness (QED) is 0.558. The molecule has 2 aliphatic rings. The van der Waals surface area contributed by atoms with Crippen LogP contribution in [0.2, 0.25) is 5.02 Å². The molecule has 2 aliphatic heterocycles. The van der Waals surface area contributed by atoms with E-state index in [1.807, 2.05) is 23.1 Å². The van der Waals surface area contributed by atoms with Crippen LogP contribution in [-0.2, 0) is 25.7 Å². The van der Waals surface area contributed by atoms with Gasteiger partial charge in [0, 0.05) is 45.7 Å². The fourth-order valence-corrected chi connectivity index (χ4v) is 4.47. The number of hydrogen-bond acceptors (Lipinski definition) is 6. The van der Waals surface area contributed by atoms with Crippen molar-refractivity contribution in [3.05, 3.63) is 58.9 Å². The van der Waals surface area contributed by atoms with E-state index in [1.54, 1.807) is 23.1 Å². The van der Waals surface area contributed by atoms with E-state index < -0.39 is 11.9 Å². The van der Waals surface area contributed by atoms with Gasteiger partial charge < -0.3 is 24.7 Å². The highest BCUT2D eigenvalue weighted by atomic mass is 35.5. The van der Waals surface area contributed by atoms with Gasteiger partial charge in [-0.3, -0.25) is 14.5 Å². The van der Waals surface area contributed by atoms with Crippen molar-refractivity contribution in [2.45, 2.75) is 13.0 Å². The Hall–Kier alpha value is -3.70. The van der Waals surface area contributed by atoms with Crippen LogP contribution >= 0.6 is 11.6 Å². The second kappa shape index (κ2) is 12.5. The number of hydrogen-bond donors (Lipinski definition) is 2. The van der Waals surface area contributed by atoms with Crippen LogP contribution in [0.4, 0.5) is 10.1 Å². The minimum atomic E-state index is -1.82. The summed E-state index contributed by atoms with van der Waals surface area (Å²) >= 11 is 6.23. The maximum Gasteiger partial charge on any atom is 0.414 e. The fourth-order valence-electron chi connectivity index (χ4n) is 4.23. The molecule has 0 radical (unpaired) electrons. The summed E-state index contributed by atoms with van der Waals surface area (Å²) in [7, 11) is 1.44. The highest BCUT2D eigenvalue weighted by molar-refractivity contribution is 6.33. The number of amides is 2. The van der Waals surface area contributed by atoms with Gasteiger partial charge in [-0.2, -0.15) is 0 Å². The molecule has 198 valence electrons. The Bertz CT molecular complexity index is 1160. The first-order valence-electron chi connectivity index (χ1n) is 11.4. The Morgan fingerprint density at radius 3 is 2.27 bits per heavy atom. The lowest BCUT2D eigenvalue weighted by molar-refractivity contribution is -0.159. The van der Waals surface area contributed by atoms with Crippen LogP contribution in [0.25, 0.3) is 0 Å². The van der Waals surface area contributed by atoms with Crippen LogP contribution in [-0.4, -0.2) is 83.6 Å². The second-order valence-electron chi connectivity index (χ2n) is 8.54. The van der Waals surface area contributed by atoms with E-state index in [2.05, 4.69) is 4.90 Å². The van der Waals surface area contributed by atoms with Crippen molar-refractivity contribution < 1.29 is 38.5 Å². The van der Waals surface area contributed by atoms with Gasteiger partial charge in [-0.15, -0.1) is 0 Å². The maximum absolute atomic E-state index is 13.9. The predicted molar refractivity (Wildman–Crippen MR) is 132 cm³/mol. The number of piperazine rings is 1. The molecule has 4 rings (SSSR count). The molecule has 37 heavy (non-hydrogen) atoms. The number of carboxylic acids is 2. The zero-order valence-corrected chi connectivity index (χ0v) is 20.9. The third-order valence-corrected chi connectivity index (χ3v) is 6.43. The molecular weight excluding hydrogens is 509 g/mol. The number of carboxylic acid groups (broad SMARTS) is 2. The van der Waals surface area contributed by atoms with E-state index in [9.17, 15) is 14.0 Å². The summed E-state index contributed by atoms with van der Waals surface area (Å²) in [6.45, 7) is 3.56. The molecule has 1 unspecified atom stereocenters. The van der Waals surface area contributed by atoms with Crippen molar-refractivity contribution in [3.63, 3.8) is 0 Å². The average molecular weight is 536 g/mol. The minimum absolute atomic E-state index is 0.0121. The van der Waals surface area contributed by atoms with Crippen molar-refractivity contribution >= 4 is 41.0 Å². The van der Waals surface area contributed by atoms with E-state index in [4.69, 9.17) is 36.1 Å². The number of carbonyl (C=O) groups excluding carboxylic acids is 2. The Kier molecular flexibility index (Phi) is 9.42. The highest BCUT2D eigenvalue weighted by Crippen LogP contribution is 2.31. The molecule has 2 fully saturated rings. The van der Waals surface area contributed by atoms with E-state index in [1.165, 1.54) is 13.2 Å². The Morgan fingerprint density at radius 1 is 1.05 bits per heavy atom. The molecule has 10 nitrogen and oxygen atoms in total. The van der Waals surface area contributed by atoms with Gasteiger partial charge in [0.2, 0.25) is 11.8 Å². The van der Waals surface area contributed by atoms with Gasteiger partial charge in [0.25, 0.3) is 0 Å². The van der Waals surface area contributed by atoms with E-state index >= 15 is 0 Å². The highest BCUT2D eigenvalue weighted by Gasteiger charge is 2.38. The number of halogens is 2. The Labute approximate surface area is 217 Å². The van der Waals surface area contributed by atoms with Crippen LogP contribution in [0.5, 0.6) is 5.75 Å². The number of rotatable bonds is 5. The average Bonchev–Trinajstić information content (AvgIpc) is 3.26. The van der Waals surface area contributed by atoms with Crippen LogP contribution in [0.3, 0.4) is 0 Å². The maximum atomic E-state index is 13.9. The van der Waals surface area contributed by atoms with E-state index in [0.29, 0.717) is 50.0 Å². The van der Waals surface area contributed by atoms with Crippen molar-refractivity contribution in [3.8, 4) is 5.75 Å². The smallest absolute Gasteiger partial charge is 0.414 e. The number of aliphatic carboxylic acids is 2. The number of carbonyl (C=O) groups is 4. The minimum Gasteiger partial charge on any atom is -0.494 e. The number of para-hydroxylation sites is 1. The topological polar surface area (TPSA) is 128 Å². The summed E-state index contributed by atoms with van der Waals surface area (Å²) in [5.41, 5.74) is 1.52. The second-order valence-corrected chi connectivity index (χ2v) is 8.94. The molecule has 12 heteroatoms. The van der Waals surface area contributed by atoms with Gasteiger partial charge in [-0.25, -0.2) is 14.0 Å². The van der Waals surface area contributed by atoms with Crippen LogP contribution < -0.4 is 9.64 Å². The van der Waals surface area contributed by atoms with Crippen LogP contribution in [0.1, 0.15) is 12.0 Å². The molecule has 0 aromatic heterocycles. The van der Waals surface area contributed by atoms with Gasteiger partial charge in [0.1, 0.15) is 0 Å². The van der Waals surface area contributed by atoms with Crippen LogP contribution in [0, 0.1) is 11.7 Å². The summed E-state index contributed by atoms with van der Waals surface area (Å²) in [6.07, 6.45) is 0.204. The predicted octanol–water partition coefficient (Wildman–Crippen LogP) is 2.34. The van der Waals surface area contributed by atoms with Crippen molar-refractivity contribution in [1.82, 2.24) is 9.80 Å². The summed E-state index contributed by atoms with van der Waals surface area (Å²) in [5, 5.41) is 15.3. The third-order valence-electron chi connectivity index (χ3n) is 6.11. The number of benzene rings is 2. The number of nitrogens with zero attached hydrogens (tertiary/aromatic N) is 3. The van der Waals surface area contributed by atoms with Gasteiger partial charge in [-0.05, 0) is 29.8 Å².